The number of para-hydroxylation sites is 1. The van der Waals surface area contributed by atoms with E-state index in [9.17, 15) is 9.59 Å². The predicted octanol–water partition coefficient (Wildman–Crippen LogP) is 3.82. The van der Waals surface area contributed by atoms with E-state index >= 15 is 0 Å². The summed E-state index contributed by atoms with van der Waals surface area (Å²) in [4.78, 5) is 24.1. The van der Waals surface area contributed by atoms with Crippen LogP contribution in [0.4, 0.5) is 15.5 Å². The summed E-state index contributed by atoms with van der Waals surface area (Å²) in [5, 5.41) is 21.6. The Morgan fingerprint density at radius 2 is 1.82 bits per heavy atom. The zero-order valence-corrected chi connectivity index (χ0v) is 15.4. The van der Waals surface area contributed by atoms with Crippen molar-refractivity contribution in [2.45, 2.75) is 6.42 Å². The summed E-state index contributed by atoms with van der Waals surface area (Å²) in [5.74, 6) is 5.58. The number of benzene rings is 2. The van der Waals surface area contributed by atoms with Gasteiger partial charge in [0.1, 0.15) is 11.1 Å². The van der Waals surface area contributed by atoms with Crippen molar-refractivity contribution in [3.63, 3.8) is 0 Å². The molecule has 4 N–H and O–H groups in total. The van der Waals surface area contributed by atoms with Crippen LogP contribution in [0, 0.1) is 11.3 Å². The maximum Gasteiger partial charge on any atom is 0.409 e. The molecular formula is C20H16N4O3S. The van der Waals surface area contributed by atoms with Crippen LogP contribution < -0.4 is 16.2 Å². The molecule has 2 amide bonds. The number of hydrazine groups is 1. The topological polar surface area (TPSA) is 119 Å². The Kier molecular flexibility index (Phi) is 5.69. The minimum absolute atomic E-state index is 0.288. The minimum atomic E-state index is -1.21. The van der Waals surface area contributed by atoms with Gasteiger partial charge in [0.15, 0.2) is 0 Å². The fraction of sp³-hybridized carbons (Fsp3) is 0.0500. The second-order valence-corrected chi connectivity index (χ2v) is 7.02. The van der Waals surface area contributed by atoms with Gasteiger partial charge >= 0.3 is 6.09 Å². The van der Waals surface area contributed by atoms with Crippen LogP contribution in [-0.4, -0.2) is 17.1 Å². The number of hydrogen-bond acceptors (Lipinski definition) is 5. The van der Waals surface area contributed by atoms with Crippen LogP contribution in [0.15, 0.2) is 60.7 Å². The number of rotatable bonds is 5. The maximum absolute atomic E-state index is 12.5. The fourth-order valence-corrected chi connectivity index (χ4v) is 3.64. The molecule has 28 heavy (non-hydrogen) atoms. The number of anilines is 2. The molecule has 0 fully saturated rings. The normalized spacial score (nSPS) is 10.1. The summed E-state index contributed by atoms with van der Waals surface area (Å²) in [6.45, 7) is 0. The van der Waals surface area contributed by atoms with Gasteiger partial charge in [0.05, 0.1) is 11.3 Å². The third-order valence-corrected chi connectivity index (χ3v) is 5.01. The van der Waals surface area contributed by atoms with Gasteiger partial charge in [0.2, 0.25) is 0 Å². The minimum Gasteiger partial charge on any atom is -0.465 e. The summed E-state index contributed by atoms with van der Waals surface area (Å²) in [6, 6.07) is 19.6. The van der Waals surface area contributed by atoms with Crippen molar-refractivity contribution >= 4 is 34.0 Å². The molecule has 0 atom stereocenters. The van der Waals surface area contributed by atoms with Crippen LogP contribution in [0.2, 0.25) is 0 Å². The number of hydrogen-bond donors (Lipinski definition) is 3. The van der Waals surface area contributed by atoms with Crippen molar-refractivity contribution in [3.05, 3.63) is 82.2 Å². The highest BCUT2D eigenvalue weighted by Gasteiger charge is 2.15. The monoisotopic (exact) mass is 392 g/mol. The number of nitriles is 1. The van der Waals surface area contributed by atoms with E-state index in [2.05, 4.69) is 5.32 Å². The SMILES string of the molecule is N#Cc1cc(Cc2ccc(C(=O)N(N)c3ccccc3)cc2)sc1NC(=O)O. The van der Waals surface area contributed by atoms with E-state index in [-0.39, 0.29) is 11.5 Å². The van der Waals surface area contributed by atoms with Gasteiger partial charge in [-0.15, -0.1) is 11.3 Å². The summed E-state index contributed by atoms with van der Waals surface area (Å²) in [6.07, 6.45) is -0.697. The summed E-state index contributed by atoms with van der Waals surface area (Å²) >= 11 is 1.21. The first kappa shape index (κ1) is 19.1. The zero-order valence-electron chi connectivity index (χ0n) is 14.6. The van der Waals surface area contributed by atoms with Crippen molar-refractivity contribution < 1.29 is 14.7 Å². The quantitative estimate of drug-likeness (QED) is 0.346. The number of carbonyl (C=O) groups excluding carboxylic acids is 1. The number of nitrogens with two attached hydrogens (primary N) is 1. The van der Waals surface area contributed by atoms with E-state index in [0.29, 0.717) is 22.7 Å². The Morgan fingerprint density at radius 3 is 2.43 bits per heavy atom. The summed E-state index contributed by atoms with van der Waals surface area (Å²) in [5.41, 5.74) is 2.26. The van der Waals surface area contributed by atoms with E-state index in [1.165, 1.54) is 11.3 Å². The first-order chi connectivity index (χ1) is 13.5. The molecule has 0 unspecified atom stereocenters. The molecule has 0 aliphatic rings. The van der Waals surface area contributed by atoms with Gasteiger partial charge < -0.3 is 5.11 Å². The smallest absolute Gasteiger partial charge is 0.409 e. The van der Waals surface area contributed by atoms with E-state index in [1.807, 2.05) is 24.3 Å². The highest BCUT2D eigenvalue weighted by molar-refractivity contribution is 7.16. The molecule has 0 aliphatic heterocycles. The van der Waals surface area contributed by atoms with Crippen LogP contribution in [0.3, 0.4) is 0 Å². The lowest BCUT2D eigenvalue weighted by molar-refractivity contribution is 0.0987. The molecule has 1 heterocycles. The standard InChI is InChI=1S/C20H16N4O3S/c21-12-15-11-17(28-18(15)23-20(26)27)10-13-6-8-14(9-7-13)19(25)24(22)16-4-2-1-3-5-16/h1-9,11,23H,10,22H2,(H,26,27). The molecule has 0 radical (unpaired) electrons. The molecule has 0 saturated heterocycles. The number of thiophene rings is 1. The molecule has 3 aromatic rings. The van der Waals surface area contributed by atoms with Crippen LogP contribution >= 0.6 is 11.3 Å². The molecule has 140 valence electrons. The van der Waals surface area contributed by atoms with Crippen molar-refractivity contribution in [1.29, 1.82) is 5.26 Å². The third kappa shape index (κ3) is 4.35. The van der Waals surface area contributed by atoms with Gasteiger partial charge in [0.25, 0.3) is 5.91 Å². The van der Waals surface area contributed by atoms with Gasteiger partial charge in [-0.1, -0.05) is 30.3 Å². The first-order valence-corrected chi connectivity index (χ1v) is 9.05. The lowest BCUT2D eigenvalue weighted by Crippen LogP contribution is -2.37. The van der Waals surface area contributed by atoms with Crippen LogP contribution in [0.5, 0.6) is 0 Å². The number of carboxylic acid groups (broad SMARTS) is 1. The van der Waals surface area contributed by atoms with Gasteiger partial charge in [-0.3, -0.25) is 10.1 Å². The zero-order chi connectivity index (χ0) is 20.1. The Hall–Kier alpha value is -3.67. The van der Waals surface area contributed by atoms with Crippen molar-refractivity contribution in [2.24, 2.45) is 5.84 Å². The van der Waals surface area contributed by atoms with E-state index in [4.69, 9.17) is 16.2 Å². The van der Waals surface area contributed by atoms with Crippen LogP contribution in [0.25, 0.3) is 0 Å². The van der Waals surface area contributed by atoms with Crippen LogP contribution in [-0.2, 0) is 6.42 Å². The number of carbonyl (C=O) groups is 2. The molecule has 3 rings (SSSR count). The van der Waals surface area contributed by atoms with Gasteiger partial charge in [0, 0.05) is 16.9 Å². The van der Waals surface area contributed by atoms with E-state index in [1.54, 1.807) is 42.5 Å². The van der Waals surface area contributed by atoms with Crippen LogP contribution in [0.1, 0.15) is 26.4 Å². The van der Waals surface area contributed by atoms with E-state index < -0.39 is 6.09 Å². The Labute approximate surface area is 165 Å². The summed E-state index contributed by atoms with van der Waals surface area (Å²) in [7, 11) is 0. The Balaban J connectivity index is 1.73. The molecule has 0 saturated carbocycles. The third-order valence-electron chi connectivity index (χ3n) is 3.96. The molecule has 0 aliphatic carbocycles. The molecule has 1 aromatic heterocycles. The lowest BCUT2D eigenvalue weighted by Gasteiger charge is -2.16. The lowest BCUT2D eigenvalue weighted by atomic mass is 10.1. The Bertz CT molecular complexity index is 1040. The van der Waals surface area contributed by atoms with E-state index in [0.717, 1.165) is 15.4 Å². The maximum atomic E-state index is 12.5. The molecule has 2 aromatic carbocycles. The molecule has 0 spiro atoms. The Morgan fingerprint density at radius 1 is 1.14 bits per heavy atom. The average molecular weight is 392 g/mol. The van der Waals surface area contributed by atoms with Crippen molar-refractivity contribution in [1.82, 2.24) is 0 Å². The van der Waals surface area contributed by atoms with Crippen molar-refractivity contribution in [3.8, 4) is 6.07 Å². The average Bonchev–Trinajstić information content (AvgIpc) is 3.08. The largest absolute Gasteiger partial charge is 0.465 e. The number of amides is 2. The summed E-state index contributed by atoms with van der Waals surface area (Å²) < 4.78 is 0. The first-order valence-electron chi connectivity index (χ1n) is 8.24. The predicted molar refractivity (Wildman–Crippen MR) is 107 cm³/mol. The highest BCUT2D eigenvalue weighted by atomic mass is 32.1. The number of nitrogens with one attached hydrogen (secondary N) is 1. The van der Waals surface area contributed by atoms with Gasteiger partial charge in [-0.05, 0) is 35.9 Å². The molecule has 7 nitrogen and oxygen atoms in total. The van der Waals surface area contributed by atoms with Gasteiger partial charge in [-0.2, -0.15) is 5.26 Å². The highest BCUT2D eigenvalue weighted by Crippen LogP contribution is 2.29. The molecule has 0 bridgehead atoms. The number of nitrogens with zero attached hydrogens (tertiary/aromatic N) is 2. The second kappa shape index (κ2) is 8.35. The van der Waals surface area contributed by atoms with Crippen molar-refractivity contribution in [2.75, 3.05) is 10.3 Å². The molecular weight excluding hydrogens is 376 g/mol. The second-order valence-electron chi connectivity index (χ2n) is 5.88. The van der Waals surface area contributed by atoms with Gasteiger partial charge in [-0.25, -0.2) is 15.6 Å². The molecule has 8 heteroatoms. The fourth-order valence-electron chi connectivity index (χ4n) is 2.61.